The van der Waals surface area contributed by atoms with E-state index in [9.17, 15) is 22.0 Å². The van der Waals surface area contributed by atoms with Crippen LogP contribution < -0.4 is 0 Å². The van der Waals surface area contributed by atoms with E-state index in [1.54, 1.807) is 60.7 Å². The topological polar surface area (TPSA) is 0 Å². The fraction of sp³-hybridized carbons (Fsp3) is 0. The number of hydrogen-bond acceptors (Lipinski definition) is 0. The molecule has 0 heterocycles. The maximum absolute atomic E-state index is 11.9. The molecule has 0 bridgehead atoms. The van der Waals surface area contributed by atoms with Crippen molar-refractivity contribution >= 4 is 0 Å². The average molecular weight is 523 g/mol. The third-order valence-corrected chi connectivity index (χ3v) is 3.36. The average Bonchev–Trinajstić information content (AvgIpc) is 2.88. The van der Waals surface area contributed by atoms with Gasteiger partial charge in [0.2, 0.25) is 0 Å². The molecule has 5 aromatic carbocycles. The largest absolute Gasteiger partial charge is 0.236 e. The summed E-state index contributed by atoms with van der Waals surface area (Å²) in [5.41, 5.74) is 0. The van der Waals surface area contributed by atoms with E-state index < -0.39 is 0 Å². The van der Waals surface area contributed by atoms with Gasteiger partial charge in [-0.2, -0.15) is 91.0 Å². The molecular formula is C30H20F5Ti-5. The minimum atomic E-state index is -0.303. The molecule has 184 valence electrons. The van der Waals surface area contributed by atoms with E-state index in [1.807, 2.05) is 0 Å². The quantitative estimate of drug-likeness (QED) is 0.109. The zero-order chi connectivity index (χ0) is 25.6. The standard InChI is InChI=1S/5C6H4F.Ti/c5*7-6-4-2-1-3-5-6;/h5*1-4H;/q5*-1;. The van der Waals surface area contributed by atoms with E-state index >= 15 is 0 Å². The first-order valence-corrected chi connectivity index (χ1v) is 10.1. The Morgan fingerprint density at radius 3 is 0.528 bits per heavy atom. The molecule has 5 rings (SSSR count). The van der Waals surface area contributed by atoms with Crippen molar-refractivity contribution in [1.82, 2.24) is 0 Å². The molecule has 0 unspecified atom stereocenters. The summed E-state index contributed by atoms with van der Waals surface area (Å²) < 4.78 is 59.3. The van der Waals surface area contributed by atoms with Crippen molar-refractivity contribution in [1.29, 1.82) is 0 Å². The Kier molecular flexibility index (Phi) is 19.8. The summed E-state index contributed by atoms with van der Waals surface area (Å²) in [6.45, 7) is 0. The summed E-state index contributed by atoms with van der Waals surface area (Å²) in [7, 11) is 0. The first-order chi connectivity index (χ1) is 17.0. The molecule has 0 N–H and O–H groups in total. The van der Waals surface area contributed by atoms with Gasteiger partial charge >= 0.3 is 0 Å². The van der Waals surface area contributed by atoms with Gasteiger partial charge in [-0.3, -0.25) is 0 Å². The predicted molar refractivity (Wildman–Crippen MR) is 126 cm³/mol. The molecule has 0 fully saturated rings. The molecule has 0 spiro atoms. The fourth-order valence-electron chi connectivity index (χ4n) is 1.86. The molecule has 0 aliphatic rings. The van der Waals surface area contributed by atoms with Crippen LogP contribution in [0.2, 0.25) is 0 Å². The smallest absolute Gasteiger partial charge is 0.0108 e. The summed E-state index contributed by atoms with van der Waals surface area (Å²) in [4.78, 5) is 0. The van der Waals surface area contributed by atoms with Gasteiger partial charge in [-0.25, -0.2) is 22.0 Å². The van der Waals surface area contributed by atoms with Gasteiger partial charge in [0, 0.05) is 50.8 Å². The summed E-state index contributed by atoms with van der Waals surface area (Å²) >= 11 is 0. The second kappa shape index (κ2) is 22.0. The third-order valence-electron chi connectivity index (χ3n) is 3.36. The zero-order valence-electron chi connectivity index (χ0n) is 18.9. The second-order valence-corrected chi connectivity index (χ2v) is 6.05. The predicted octanol–water partition coefficient (Wildman–Crippen LogP) is 8.13. The number of rotatable bonds is 0. The minimum Gasteiger partial charge on any atom is -0.236 e. The first-order valence-electron chi connectivity index (χ1n) is 10.1. The van der Waals surface area contributed by atoms with E-state index in [1.165, 1.54) is 60.7 Å². The van der Waals surface area contributed by atoms with E-state index in [-0.39, 0.29) is 50.8 Å². The van der Waals surface area contributed by atoms with Gasteiger partial charge in [0.15, 0.2) is 0 Å². The number of hydrogen-bond donors (Lipinski definition) is 0. The van der Waals surface area contributed by atoms with Crippen molar-refractivity contribution in [3.8, 4) is 0 Å². The van der Waals surface area contributed by atoms with Crippen LogP contribution in [0.25, 0.3) is 0 Å². The van der Waals surface area contributed by atoms with E-state index in [4.69, 9.17) is 0 Å². The van der Waals surface area contributed by atoms with Crippen LogP contribution in [0.3, 0.4) is 0 Å². The second-order valence-electron chi connectivity index (χ2n) is 6.05. The Bertz CT molecular complexity index is 895. The van der Waals surface area contributed by atoms with Crippen LogP contribution in [0.5, 0.6) is 0 Å². The van der Waals surface area contributed by atoms with Crippen molar-refractivity contribution in [2.45, 2.75) is 0 Å². The Labute approximate surface area is 224 Å². The van der Waals surface area contributed by atoms with E-state index in [0.717, 1.165) is 0 Å². The Morgan fingerprint density at radius 2 is 0.472 bits per heavy atom. The minimum absolute atomic E-state index is 0. The van der Waals surface area contributed by atoms with Gasteiger partial charge in [-0.05, 0) is 0 Å². The van der Waals surface area contributed by atoms with Crippen LogP contribution in [0.15, 0.2) is 121 Å². The molecule has 6 heteroatoms. The Balaban J connectivity index is 0.000000422. The van der Waals surface area contributed by atoms with E-state index in [0.29, 0.717) is 0 Å². The SMILES string of the molecule is Fc1[c-]cccc1.Fc1[c-]cccc1.Fc1[c-]cccc1.Fc1[c-]cccc1.Fc1[c-]cccc1.[Ti]. The molecular weight excluding hydrogens is 503 g/mol. The van der Waals surface area contributed by atoms with Gasteiger partial charge in [-0.1, -0.05) is 0 Å². The summed E-state index contributed by atoms with van der Waals surface area (Å²) in [6, 6.07) is 43.1. The van der Waals surface area contributed by atoms with Crippen LogP contribution in [-0.2, 0) is 21.7 Å². The summed E-state index contributed by atoms with van der Waals surface area (Å²) in [6.07, 6.45) is 0. The summed E-state index contributed by atoms with van der Waals surface area (Å²) in [5, 5.41) is 0. The third kappa shape index (κ3) is 19.9. The fourth-order valence-corrected chi connectivity index (χ4v) is 1.86. The summed E-state index contributed by atoms with van der Waals surface area (Å²) in [5.74, 6) is -1.52. The molecule has 5 aromatic rings. The Morgan fingerprint density at radius 1 is 0.306 bits per heavy atom. The van der Waals surface area contributed by atoms with Gasteiger partial charge in [-0.15, -0.1) is 60.7 Å². The van der Waals surface area contributed by atoms with Crippen LogP contribution in [-0.4, -0.2) is 0 Å². The van der Waals surface area contributed by atoms with Gasteiger partial charge in [0.1, 0.15) is 0 Å². The van der Waals surface area contributed by atoms with Gasteiger partial charge in [0.25, 0.3) is 0 Å². The van der Waals surface area contributed by atoms with Crippen LogP contribution in [0, 0.1) is 59.4 Å². The zero-order valence-corrected chi connectivity index (χ0v) is 20.5. The maximum Gasteiger partial charge on any atom is 0.0108 e. The molecule has 0 aliphatic heterocycles. The van der Waals surface area contributed by atoms with Crippen molar-refractivity contribution < 1.29 is 43.7 Å². The molecule has 36 heavy (non-hydrogen) atoms. The molecule has 0 saturated carbocycles. The maximum atomic E-state index is 11.9. The van der Waals surface area contributed by atoms with Crippen molar-refractivity contribution in [3.63, 3.8) is 0 Å². The van der Waals surface area contributed by atoms with Gasteiger partial charge < -0.3 is 0 Å². The molecule has 0 saturated heterocycles. The molecule has 0 nitrogen and oxygen atoms in total. The molecule has 0 radical (unpaired) electrons. The van der Waals surface area contributed by atoms with Crippen molar-refractivity contribution in [3.05, 3.63) is 181 Å². The number of benzene rings is 5. The van der Waals surface area contributed by atoms with Crippen molar-refractivity contribution in [2.24, 2.45) is 0 Å². The van der Waals surface area contributed by atoms with Crippen LogP contribution in [0.4, 0.5) is 22.0 Å². The molecule has 0 atom stereocenters. The Hall–Kier alpha value is -3.54. The van der Waals surface area contributed by atoms with Crippen LogP contribution >= 0.6 is 0 Å². The van der Waals surface area contributed by atoms with Gasteiger partial charge in [0.05, 0.1) is 0 Å². The molecule has 0 aromatic heterocycles. The van der Waals surface area contributed by atoms with E-state index in [2.05, 4.69) is 30.3 Å². The van der Waals surface area contributed by atoms with Crippen molar-refractivity contribution in [2.75, 3.05) is 0 Å². The molecule has 0 amide bonds. The first kappa shape index (κ1) is 32.5. The molecule has 0 aliphatic carbocycles. The normalized spacial score (nSPS) is 8.47. The van der Waals surface area contributed by atoms with Crippen LogP contribution in [0.1, 0.15) is 0 Å². The number of halogens is 5. The monoisotopic (exact) mass is 523 g/mol.